The second-order valence-electron chi connectivity index (χ2n) is 7.69. The highest BCUT2D eigenvalue weighted by atomic mass is 35.5. The van der Waals surface area contributed by atoms with Crippen LogP contribution in [0.1, 0.15) is 23.6 Å². The monoisotopic (exact) mass is 498 g/mol. The molecule has 176 valence electrons. The average Bonchev–Trinajstić information content (AvgIpc) is 3.14. The van der Waals surface area contributed by atoms with E-state index in [1.54, 1.807) is 25.1 Å². The van der Waals surface area contributed by atoms with Crippen molar-refractivity contribution in [1.29, 1.82) is 5.41 Å². The fraction of sp³-hybridized carbons (Fsp3) is 0.250. The van der Waals surface area contributed by atoms with Gasteiger partial charge in [-0.2, -0.15) is 15.1 Å². The number of hydrazone groups is 1. The minimum absolute atomic E-state index is 0.0432. The summed E-state index contributed by atoms with van der Waals surface area (Å²) >= 11 is 7.73. The van der Waals surface area contributed by atoms with Gasteiger partial charge >= 0.3 is 0 Å². The third kappa shape index (κ3) is 5.10. The lowest BCUT2D eigenvalue weighted by Gasteiger charge is -2.20. The first kappa shape index (κ1) is 23.8. The van der Waals surface area contributed by atoms with Crippen LogP contribution in [-0.2, 0) is 4.79 Å². The first-order chi connectivity index (χ1) is 16.2. The highest BCUT2D eigenvalue weighted by Crippen LogP contribution is 2.37. The third-order valence-corrected chi connectivity index (χ3v) is 6.02. The average molecular weight is 499 g/mol. The van der Waals surface area contributed by atoms with Crippen molar-refractivity contribution in [3.63, 3.8) is 0 Å². The van der Waals surface area contributed by atoms with Gasteiger partial charge in [-0.15, -0.1) is 0 Å². The van der Waals surface area contributed by atoms with Gasteiger partial charge in [0.2, 0.25) is 5.17 Å². The van der Waals surface area contributed by atoms with E-state index in [-0.39, 0.29) is 18.0 Å². The van der Waals surface area contributed by atoms with E-state index in [9.17, 15) is 4.79 Å². The number of carbonyl (C=O) groups excluding carboxylic acids is 1. The van der Waals surface area contributed by atoms with Crippen LogP contribution in [0.25, 0.3) is 6.08 Å². The van der Waals surface area contributed by atoms with Gasteiger partial charge in [0.25, 0.3) is 5.91 Å². The van der Waals surface area contributed by atoms with E-state index in [0.717, 1.165) is 16.9 Å². The first-order valence-corrected chi connectivity index (χ1v) is 11.6. The molecule has 2 aromatic rings. The van der Waals surface area contributed by atoms with Crippen molar-refractivity contribution in [1.82, 2.24) is 5.01 Å². The summed E-state index contributed by atoms with van der Waals surface area (Å²) < 4.78 is 17.1. The number of benzene rings is 2. The molecule has 0 fully saturated rings. The van der Waals surface area contributed by atoms with Gasteiger partial charge in [-0.05, 0) is 79.6 Å². The molecule has 0 aromatic heterocycles. The molecule has 0 saturated heterocycles. The number of halogens is 1. The summed E-state index contributed by atoms with van der Waals surface area (Å²) in [6.45, 7) is 6.42. The summed E-state index contributed by atoms with van der Waals surface area (Å²) in [5.74, 6) is 1.00. The number of carbonyl (C=O) groups is 1. The molecule has 10 heteroatoms. The molecule has 0 aliphatic carbocycles. The summed E-state index contributed by atoms with van der Waals surface area (Å²) in [4.78, 5) is 16.5. The second kappa shape index (κ2) is 9.90. The van der Waals surface area contributed by atoms with Crippen molar-refractivity contribution in [2.45, 2.75) is 20.8 Å². The summed E-state index contributed by atoms with van der Waals surface area (Å²) in [5.41, 5.74) is 2.93. The smallest absolute Gasteiger partial charge is 0.283 e. The van der Waals surface area contributed by atoms with E-state index in [0.29, 0.717) is 38.9 Å². The normalized spacial score (nSPS) is 16.4. The summed E-state index contributed by atoms with van der Waals surface area (Å²) in [6, 6.07) is 9.34. The van der Waals surface area contributed by atoms with Gasteiger partial charge in [0.1, 0.15) is 19.0 Å². The van der Waals surface area contributed by atoms with Crippen molar-refractivity contribution >= 4 is 51.4 Å². The number of hydrogen-bond donors (Lipinski definition) is 1. The van der Waals surface area contributed by atoms with Gasteiger partial charge in [-0.1, -0.05) is 17.7 Å². The van der Waals surface area contributed by atoms with Crippen LogP contribution in [0.2, 0.25) is 5.02 Å². The number of amidine groups is 2. The number of methoxy groups -OCH3 is 1. The Morgan fingerprint density at radius 2 is 1.79 bits per heavy atom. The summed E-state index contributed by atoms with van der Waals surface area (Å²) in [7, 11) is 1.50. The summed E-state index contributed by atoms with van der Waals surface area (Å²) in [6.07, 6.45) is 1.54. The Bertz CT molecular complexity index is 1250. The fourth-order valence-corrected chi connectivity index (χ4v) is 4.54. The predicted molar refractivity (Wildman–Crippen MR) is 136 cm³/mol. The zero-order valence-electron chi connectivity index (χ0n) is 19.1. The lowest BCUT2D eigenvalue weighted by molar-refractivity contribution is -0.114. The number of fused-ring (bicyclic) bond motifs is 1. The van der Waals surface area contributed by atoms with Gasteiger partial charge in [0.15, 0.2) is 17.3 Å². The number of amides is 1. The molecule has 2 aromatic carbocycles. The third-order valence-electron chi connectivity index (χ3n) is 4.91. The lowest BCUT2D eigenvalue weighted by Crippen LogP contribution is -2.35. The first-order valence-electron chi connectivity index (χ1n) is 10.4. The van der Waals surface area contributed by atoms with Crippen LogP contribution < -0.4 is 14.2 Å². The maximum Gasteiger partial charge on any atom is 0.283 e. The molecule has 8 nitrogen and oxygen atoms in total. The molecule has 0 unspecified atom stereocenters. The van der Waals surface area contributed by atoms with Gasteiger partial charge in [0, 0.05) is 0 Å². The molecule has 1 N–H and O–H groups in total. The highest BCUT2D eigenvalue weighted by molar-refractivity contribution is 8.26. The lowest BCUT2D eigenvalue weighted by atomic mass is 10.1. The Balaban J connectivity index is 1.48. The molecule has 34 heavy (non-hydrogen) atoms. The SMILES string of the molecule is COc1cc(C=C2C(=N)N3N=C(C)SC3=NC2=O)cc(Cl)c1OCCOc1cc(C)cc(C)c1. The van der Waals surface area contributed by atoms with Crippen LogP contribution in [-0.4, -0.2) is 47.3 Å². The molecule has 0 saturated carbocycles. The molecule has 1 amide bonds. The zero-order valence-corrected chi connectivity index (χ0v) is 20.7. The highest BCUT2D eigenvalue weighted by Gasteiger charge is 2.34. The topological polar surface area (TPSA) is 96.6 Å². The second-order valence-corrected chi connectivity index (χ2v) is 9.26. The maximum atomic E-state index is 12.5. The Kier molecular flexibility index (Phi) is 6.95. The van der Waals surface area contributed by atoms with Crippen molar-refractivity contribution < 1.29 is 19.0 Å². The molecule has 0 radical (unpaired) electrons. The molecule has 2 aliphatic rings. The fourth-order valence-electron chi connectivity index (χ4n) is 3.54. The predicted octanol–water partition coefficient (Wildman–Crippen LogP) is 5.06. The van der Waals surface area contributed by atoms with E-state index in [1.165, 1.54) is 23.9 Å². The van der Waals surface area contributed by atoms with Crippen LogP contribution in [0.15, 0.2) is 46.0 Å². The van der Waals surface area contributed by atoms with Crippen LogP contribution in [0.4, 0.5) is 0 Å². The quantitative estimate of drug-likeness (QED) is 0.423. The van der Waals surface area contributed by atoms with Crippen LogP contribution >= 0.6 is 23.4 Å². The number of ether oxygens (including phenoxy) is 3. The molecule has 2 aliphatic heterocycles. The van der Waals surface area contributed by atoms with E-state index in [1.807, 2.05) is 26.0 Å². The number of hydrogen-bond acceptors (Lipinski definition) is 7. The molecular formula is C24H23ClN4O4S. The van der Waals surface area contributed by atoms with E-state index in [2.05, 4.69) is 16.2 Å². The maximum absolute atomic E-state index is 12.5. The molecule has 2 heterocycles. The van der Waals surface area contributed by atoms with Gasteiger partial charge < -0.3 is 14.2 Å². The number of aliphatic imine (C=N–C) groups is 1. The van der Waals surface area contributed by atoms with Crippen molar-refractivity contribution in [3.8, 4) is 17.2 Å². The Labute approximate surface area is 206 Å². The Hall–Kier alpha value is -3.30. The molecule has 0 spiro atoms. The minimum atomic E-state index is -0.507. The molecule has 4 rings (SSSR count). The Morgan fingerprint density at radius 3 is 2.50 bits per heavy atom. The van der Waals surface area contributed by atoms with E-state index in [4.69, 9.17) is 31.2 Å². The number of nitrogens with zero attached hydrogens (tertiary/aromatic N) is 3. The minimum Gasteiger partial charge on any atom is -0.493 e. The van der Waals surface area contributed by atoms with Crippen molar-refractivity contribution in [2.24, 2.45) is 10.1 Å². The number of rotatable bonds is 7. The zero-order chi connectivity index (χ0) is 24.4. The van der Waals surface area contributed by atoms with Gasteiger partial charge in [0.05, 0.1) is 22.7 Å². The summed E-state index contributed by atoms with van der Waals surface area (Å²) in [5, 5.41) is 15.4. The van der Waals surface area contributed by atoms with Gasteiger partial charge in [-0.3, -0.25) is 10.2 Å². The van der Waals surface area contributed by atoms with Crippen LogP contribution in [0.5, 0.6) is 17.2 Å². The Morgan fingerprint density at radius 1 is 1.09 bits per heavy atom. The largest absolute Gasteiger partial charge is 0.493 e. The van der Waals surface area contributed by atoms with E-state index >= 15 is 0 Å². The van der Waals surface area contributed by atoms with Crippen LogP contribution in [0.3, 0.4) is 0 Å². The number of thioether (sulfide) groups is 1. The van der Waals surface area contributed by atoms with Gasteiger partial charge in [-0.25, -0.2) is 0 Å². The number of aryl methyl sites for hydroxylation is 2. The molecule has 0 atom stereocenters. The standard InChI is InChI=1S/C24H23ClN4O4S/c1-13-7-14(2)9-17(8-13)32-5-6-33-21-19(25)11-16(12-20(21)31-4)10-18-22(26)29-24(27-23(18)30)34-15(3)28-29/h7-12,26H,5-6H2,1-4H3. The molecule has 0 bridgehead atoms. The molecular weight excluding hydrogens is 476 g/mol. The van der Waals surface area contributed by atoms with Crippen LogP contribution in [0, 0.1) is 19.3 Å². The van der Waals surface area contributed by atoms with Crippen molar-refractivity contribution in [2.75, 3.05) is 20.3 Å². The number of nitrogens with one attached hydrogen (secondary N) is 1. The van der Waals surface area contributed by atoms with Crippen molar-refractivity contribution in [3.05, 3.63) is 57.6 Å². The van der Waals surface area contributed by atoms with E-state index < -0.39 is 5.91 Å².